The van der Waals surface area contributed by atoms with Crippen molar-refractivity contribution >= 4 is 40.6 Å². The van der Waals surface area contributed by atoms with Gasteiger partial charge in [-0.2, -0.15) is 0 Å². The number of para-hydroxylation sites is 3. The molecular weight excluding hydrogens is 605 g/mol. The van der Waals surface area contributed by atoms with E-state index in [1.54, 1.807) is 0 Å². The molecule has 0 radical (unpaired) electrons. The van der Waals surface area contributed by atoms with Crippen LogP contribution < -0.4 is 9.80 Å². The lowest BCUT2D eigenvalue weighted by atomic mass is 9.72. The van der Waals surface area contributed by atoms with E-state index in [-0.39, 0.29) is 16.2 Å². The van der Waals surface area contributed by atoms with Crippen molar-refractivity contribution in [2.24, 2.45) is 5.41 Å². The molecule has 0 atom stereocenters. The maximum Gasteiger partial charge on any atom is 0.0503 e. The van der Waals surface area contributed by atoms with Crippen molar-refractivity contribution in [2.45, 2.75) is 72.1 Å². The fraction of sp³-hybridized carbons (Fsp3) is 0.250. The minimum atomic E-state index is -0.135. The molecule has 0 fully saturated rings. The maximum absolute atomic E-state index is 2.53. The molecule has 5 aromatic rings. The van der Waals surface area contributed by atoms with Gasteiger partial charge in [0.15, 0.2) is 0 Å². The molecule has 0 bridgehead atoms. The van der Waals surface area contributed by atoms with Gasteiger partial charge in [-0.3, -0.25) is 0 Å². The first kappa shape index (κ1) is 32.1. The predicted molar refractivity (Wildman–Crippen MR) is 214 cm³/mol. The SMILES string of the molecule is CC(C)(C)C1=CC=C(N2c3ccccc3C(C)(C)c3cc(/C=C/c4ccc5c(c4)C(C)(C)c4ccccc4N5c4ccccc4)ccc32)CC1. The van der Waals surface area contributed by atoms with Crippen molar-refractivity contribution in [1.82, 2.24) is 0 Å². The van der Waals surface area contributed by atoms with Gasteiger partial charge in [-0.05, 0) is 106 Å². The Morgan fingerprint density at radius 1 is 0.500 bits per heavy atom. The van der Waals surface area contributed by atoms with Gasteiger partial charge in [-0.1, -0.05) is 139 Å². The molecule has 0 amide bonds. The first-order valence-corrected chi connectivity index (χ1v) is 18.2. The van der Waals surface area contributed by atoms with Crippen molar-refractivity contribution in [2.75, 3.05) is 9.80 Å². The van der Waals surface area contributed by atoms with Crippen LogP contribution in [0.15, 0.2) is 139 Å². The normalized spacial score (nSPS) is 17.3. The molecule has 2 aliphatic heterocycles. The zero-order valence-electron chi connectivity index (χ0n) is 30.6. The Kier molecular flexibility index (Phi) is 7.56. The number of hydrogen-bond donors (Lipinski definition) is 0. The topological polar surface area (TPSA) is 6.48 Å². The van der Waals surface area contributed by atoms with Gasteiger partial charge in [0.05, 0.1) is 11.4 Å². The van der Waals surface area contributed by atoms with E-state index in [1.807, 2.05) is 0 Å². The van der Waals surface area contributed by atoms with Crippen LogP contribution in [0.2, 0.25) is 0 Å². The monoisotopic (exact) mass is 652 g/mol. The Labute approximate surface area is 299 Å². The second-order valence-corrected chi connectivity index (χ2v) is 16.3. The summed E-state index contributed by atoms with van der Waals surface area (Å²) in [6.45, 7) is 16.4. The summed E-state index contributed by atoms with van der Waals surface area (Å²) in [5, 5.41) is 0. The summed E-state index contributed by atoms with van der Waals surface area (Å²) < 4.78 is 0. The van der Waals surface area contributed by atoms with Gasteiger partial charge in [0.2, 0.25) is 0 Å². The van der Waals surface area contributed by atoms with E-state index in [1.165, 1.54) is 73.1 Å². The largest absolute Gasteiger partial charge is 0.314 e. The molecule has 0 aromatic heterocycles. The van der Waals surface area contributed by atoms with E-state index in [9.17, 15) is 0 Å². The lowest BCUT2D eigenvalue weighted by Gasteiger charge is -2.43. The van der Waals surface area contributed by atoms with Crippen molar-refractivity contribution < 1.29 is 0 Å². The average Bonchev–Trinajstić information content (AvgIpc) is 3.12. The number of fused-ring (bicyclic) bond motifs is 4. The second kappa shape index (κ2) is 11.8. The molecule has 3 aliphatic rings. The summed E-state index contributed by atoms with van der Waals surface area (Å²) in [6.07, 6.45) is 11.5. The standard InChI is InChI=1S/C48H48N2/c1-46(2,3)35-25-27-37(28-26-35)50-43-20-14-12-18-39(43)48(6,7)41-32-34(24-30-45(41)50)22-21-33-23-29-44-40(31-33)47(4,5)38-17-11-13-19-42(38)49(44)36-15-9-8-10-16-36/h8-25,27,29-32H,26,28H2,1-7H3/b22-21+. The molecule has 2 heteroatoms. The number of nitrogens with zero attached hydrogens (tertiary/aromatic N) is 2. The molecule has 8 rings (SSSR count). The van der Waals surface area contributed by atoms with Gasteiger partial charge >= 0.3 is 0 Å². The fourth-order valence-electron chi connectivity index (χ4n) is 8.44. The van der Waals surface area contributed by atoms with Crippen LogP contribution in [-0.2, 0) is 10.8 Å². The van der Waals surface area contributed by atoms with Gasteiger partial charge in [0, 0.05) is 33.6 Å². The molecule has 2 nitrogen and oxygen atoms in total. The van der Waals surface area contributed by atoms with Crippen LogP contribution in [0.5, 0.6) is 0 Å². The second-order valence-electron chi connectivity index (χ2n) is 16.3. The highest BCUT2D eigenvalue weighted by molar-refractivity contribution is 5.87. The van der Waals surface area contributed by atoms with Gasteiger partial charge in [-0.15, -0.1) is 0 Å². The molecule has 1 aliphatic carbocycles. The van der Waals surface area contributed by atoms with Crippen LogP contribution in [0.3, 0.4) is 0 Å². The molecule has 0 saturated heterocycles. The van der Waals surface area contributed by atoms with E-state index < -0.39 is 0 Å². The van der Waals surface area contributed by atoms with Crippen LogP contribution in [0, 0.1) is 5.41 Å². The summed E-state index contributed by atoms with van der Waals surface area (Å²) in [7, 11) is 0. The molecule has 0 N–H and O–H groups in total. The first-order valence-electron chi connectivity index (χ1n) is 18.2. The van der Waals surface area contributed by atoms with Crippen molar-refractivity contribution in [3.63, 3.8) is 0 Å². The number of benzene rings is 5. The zero-order valence-corrected chi connectivity index (χ0v) is 30.6. The van der Waals surface area contributed by atoms with Crippen LogP contribution >= 0.6 is 0 Å². The Morgan fingerprint density at radius 2 is 0.980 bits per heavy atom. The van der Waals surface area contributed by atoms with Crippen molar-refractivity contribution in [1.29, 1.82) is 0 Å². The number of hydrogen-bond acceptors (Lipinski definition) is 2. The molecular formula is C48H48N2. The summed E-state index contributed by atoms with van der Waals surface area (Å²) in [5.41, 5.74) is 17.0. The number of allylic oxidation sites excluding steroid dienone is 4. The average molecular weight is 653 g/mol. The lowest BCUT2D eigenvalue weighted by molar-refractivity contribution is 0.478. The molecule has 0 unspecified atom stereocenters. The van der Waals surface area contributed by atoms with Crippen molar-refractivity contribution in [3.05, 3.63) is 172 Å². The third-order valence-electron chi connectivity index (χ3n) is 11.4. The third-order valence-corrected chi connectivity index (χ3v) is 11.4. The Morgan fingerprint density at radius 3 is 1.50 bits per heavy atom. The Balaban J connectivity index is 1.17. The zero-order chi connectivity index (χ0) is 34.8. The van der Waals surface area contributed by atoms with Crippen LogP contribution in [0.25, 0.3) is 12.2 Å². The van der Waals surface area contributed by atoms with Gasteiger partial charge in [0.25, 0.3) is 0 Å². The molecule has 0 saturated carbocycles. The highest BCUT2D eigenvalue weighted by atomic mass is 15.2. The van der Waals surface area contributed by atoms with Gasteiger partial charge in [0.1, 0.15) is 0 Å². The van der Waals surface area contributed by atoms with E-state index >= 15 is 0 Å². The van der Waals surface area contributed by atoms with E-state index in [2.05, 4.69) is 198 Å². The Hall–Kier alpha value is -5.08. The van der Waals surface area contributed by atoms with Crippen LogP contribution in [0.4, 0.5) is 28.4 Å². The summed E-state index contributed by atoms with van der Waals surface area (Å²) in [5.74, 6) is 0. The molecule has 5 aromatic carbocycles. The molecule has 50 heavy (non-hydrogen) atoms. The molecule has 250 valence electrons. The smallest absolute Gasteiger partial charge is 0.0503 e. The summed E-state index contributed by atoms with van der Waals surface area (Å²) in [6, 6.07) is 42.6. The minimum Gasteiger partial charge on any atom is -0.314 e. The Bertz CT molecular complexity index is 2200. The maximum atomic E-state index is 2.53. The highest BCUT2D eigenvalue weighted by Gasteiger charge is 2.39. The molecule has 0 spiro atoms. The van der Waals surface area contributed by atoms with Gasteiger partial charge < -0.3 is 9.80 Å². The quantitative estimate of drug-likeness (QED) is 0.178. The van der Waals surface area contributed by atoms with Gasteiger partial charge in [-0.25, -0.2) is 0 Å². The predicted octanol–water partition coefficient (Wildman–Crippen LogP) is 13.4. The first-order chi connectivity index (χ1) is 23.9. The number of anilines is 5. The molecule has 2 heterocycles. The lowest BCUT2D eigenvalue weighted by Crippen LogP contribution is -2.33. The van der Waals surface area contributed by atoms with E-state index in [4.69, 9.17) is 0 Å². The third kappa shape index (κ3) is 5.24. The van der Waals surface area contributed by atoms with E-state index in [0.717, 1.165) is 12.8 Å². The van der Waals surface area contributed by atoms with E-state index in [0.29, 0.717) is 0 Å². The number of rotatable bonds is 4. The summed E-state index contributed by atoms with van der Waals surface area (Å²) in [4.78, 5) is 4.95. The fourth-order valence-corrected chi connectivity index (χ4v) is 8.44. The van der Waals surface area contributed by atoms with Crippen LogP contribution in [0.1, 0.15) is 94.7 Å². The summed E-state index contributed by atoms with van der Waals surface area (Å²) >= 11 is 0. The highest BCUT2D eigenvalue weighted by Crippen LogP contribution is 2.53. The van der Waals surface area contributed by atoms with Crippen LogP contribution in [-0.4, -0.2) is 0 Å². The minimum absolute atomic E-state index is 0.127. The van der Waals surface area contributed by atoms with Crippen molar-refractivity contribution in [3.8, 4) is 0 Å².